The molecule has 1 fully saturated rings. The Morgan fingerprint density at radius 2 is 1.40 bits per heavy atom. The Morgan fingerprint density at radius 3 is 1.68 bits per heavy atom. The van der Waals surface area contributed by atoms with E-state index < -0.39 is 17.9 Å². The van der Waals surface area contributed by atoms with Crippen LogP contribution in [0.2, 0.25) is 0 Å². The van der Waals surface area contributed by atoms with E-state index in [1.807, 2.05) is 0 Å². The Kier molecular flexibility index (Phi) is 13.5. The molecule has 0 aromatic rings. The summed E-state index contributed by atoms with van der Waals surface area (Å²) in [5.41, 5.74) is 0.352. The van der Waals surface area contributed by atoms with Crippen LogP contribution in [0.4, 0.5) is 0 Å². The normalized spacial score (nSPS) is 13.8. The van der Waals surface area contributed by atoms with Crippen molar-refractivity contribution >= 4 is 23.9 Å². The summed E-state index contributed by atoms with van der Waals surface area (Å²) in [7, 11) is 0. The monoisotopic (exact) mass is 360 g/mol. The molecule has 9 heteroatoms. The Hall–Kier alpha value is -2.68. The van der Waals surface area contributed by atoms with E-state index >= 15 is 0 Å². The summed E-state index contributed by atoms with van der Waals surface area (Å²) in [6, 6.07) is 0. The van der Waals surface area contributed by atoms with E-state index in [-0.39, 0.29) is 36.1 Å². The summed E-state index contributed by atoms with van der Waals surface area (Å²) >= 11 is 0. The molecule has 0 aromatic carbocycles. The van der Waals surface area contributed by atoms with E-state index in [2.05, 4.69) is 13.2 Å². The highest BCUT2D eigenvalue weighted by molar-refractivity contribution is 5.85. The van der Waals surface area contributed by atoms with Crippen LogP contribution in [0, 0.1) is 0 Å². The highest BCUT2D eigenvalue weighted by Gasteiger charge is 2.23. The average Bonchev–Trinajstić information content (AvgIpc) is 3.30. The first-order valence-electron chi connectivity index (χ1n) is 7.24. The van der Waals surface area contributed by atoms with Gasteiger partial charge in [-0.3, -0.25) is 9.59 Å². The standard InChI is InChI=1S/C8H12O5.2C4H6O2/c9-7(10)2-1-3-8(11)13-5-6-4-12-6;2*1-3(2)4(5)6/h6H,1-5H2,(H,9,10);2*1H2,2H3,(H,5,6). The predicted molar refractivity (Wildman–Crippen MR) is 87.1 cm³/mol. The fourth-order valence-corrected chi connectivity index (χ4v) is 0.806. The van der Waals surface area contributed by atoms with E-state index in [4.69, 9.17) is 24.8 Å². The number of carbonyl (C=O) groups excluding carboxylic acids is 1. The molecule has 0 amide bonds. The van der Waals surface area contributed by atoms with Gasteiger partial charge in [0.25, 0.3) is 0 Å². The Morgan fingerprint density at radius 1 is 1.00 bits per heavy atom. The molecule has 0 spiro atoms. The lowest BCUT2D eigenvalue weighted by Gasteiger charge is -2.00. The van der Waals surface area contributed by atoms with Crippen molar-refractivity contribution in [3.05, 3.63) is 24.3 Å². The topological polar surface area (TPSA) is 151 Å². The van der Waals surface area contributed by atoms with Crippen molar-refractivity contribution in [3.8, 4) is 0 Å². The number of epoxide rings is 1. The highest BCUT2D eigenvalue weighted by atomic mass is 16.6. The largest absolute Gasteiger partial charge is 0.481 e. The molecule has 3 N–H and O–H groups in total. The quantitative estimate of drug-likeness (QED) is 0.332. The second-order valence-corrected chi connectivity index (χ2v) is 5.06. The van der Waals surface area contributed by atoms with E-state index in [0.29, 0.717) is 19.6 Å². The molecule has 0 aromatic heterocycles. The Bertz CT molecular complexity index is 456. The lowest BCUT2D eigenvalue weighted by Crippen LogP contribution is -2.10. The van der Waals surface area contributed by atoms with Gasteiger partial charge in [-0.25, -0.2) is 9.59 Å². The van der Waals surface area contributed by atoms with Crippen LogP contribution in [-0.4, -0.2) is 58.5 Å². The molecular weight excluding hydrogens is 336 g/mol. The van der Waals surface area contributed by atoms with Crippen molar-refractivity contribution in [1.82, 2.24) is 0 Å². The summed E-state index contributed by atoms with van der Waals surface area (Å²) in [6.07, 6.45) is 0.580. The fourth-order valence-electron chi connectivity index (χ4n) is 0.806. The highest BCUT2D eigenvalue weighted by Crippen LogP contribution is 2.09. The van der Waals surface area contributed by atoms with Crippen molar-refractivity contribution in [1.29, 1.82) is 0 Å². The molecule has 1 aliphatic rings. The number of hydrogen-bond donors (Lipinski definition) is 3. The molecule has 1 atom stereocenters. The number of rotatable bonds is 8. The van der Waals surface area contributed by atoms with Gasteiger partial charge in [0.15, 0.2) is 0 Å². The van der Waals surface area contributed by atoms with Crippen LogP contribution in [0.1, 0.15) is 33.1 Å². The van der Waals surface area contributed by atoms with Crippen LogP contribution < -0.4 is 0 Å². The molecule has 0 saturated carbocycles. The van der Waals surface area contributed by atoms with E-state index in [0.717, 1.165) is 0 Å². The van der Waals surface area contributed by atoms with Crippen molar-refractivity contribution in [2.45, 2.75) is 39.2 Å². The maximum atomic E-state index is 10.9. The molecule has 0 radical (unpaired) electrons. The first-order valence-corrected chi connectivity index (χ1v) is 7.24. The minimum atomic E-state index is -0.935. The molecule has 1 aliphatic heterocycles. The average molecular weight is 360 g/mol. The van der Waals surface area contributed by atoms with E-state index in [1.165, 1.54) is 13.8 Å². The van der Waals surface area contributed by atoms with Crippen molar-refractivity contribution in [2.24, 2.45) is 0 Å². The van der Waals surface area contributed by atoms with E-state index in [9.17, 15) is 19.2 Å². The maximum absolute atomic E-state index is 10.9. The molecule has 142 valence electrons. The van der Waals surface area contributed by atoms with Crippen LogP contribution in [0.3, 0.4) is 0 Å². The van der Waals surface area contributed by atoms with Gasteiger partial charge in [0.2, 0.25) is 0 Å². The number of ether oxygens (including phenoxy) is 2. The number of carboxylic acid groups (broad SMARTS) is 3. The van der Waals surface area contributed by atoms with Gasteiger partial charge in [0.05, 0.1) is 6.61 Å². The van der Waals surface area contributed by atoms with Crippen LogP contribution in [0.25, 0.3) is 0 Å². The molecule has 0 bridgehead atoms. The summed E-state index contributed by atoms with van der Waals surface area (Å²) in [6.45, 7) is 10.2. The maximum Gasteiger partial charge on any atom is 0.330 e. The lowest BCUT2D eigenvalue weighted by molar-refractivity contribution is -0.144. The SMILES string of the molecule is C=C(C)C(=O)O.C=C(C)C(=O)O.O=C(O)CCCC(=O)OCC1CO1. The molecule has 1 heterocycles. The molecule has 1 rings (SSSR count). The van der Waals surface area contributed by atoms with Gasteiger partial charge >= 0.3 is 23.9 Å². The summed E-state index contributed by atoms with van der Waals surface area (Å²) < 4.78 is 9.62. The molecule has 9 nitrogen and oxygen atoms in total. The number of carbonyl (C=O) groups is 4. The van der Waals surface area contributed by atoms with Gasteiger partial charge in [0, 0.05) is 24.0 Å². The first kappa shape index (κ1) is 24.6. The van der Waals surface area contributed by atoms with Gasteiger partial charge in [-0.05, 0) is 20.3 Å². The summed E-state index contributed by atoms with van der Waals surface area (Å²) in [4.78, 5) is 40.2. The van der Waals surface area contributed by atoms with Crippen molar-refractivity contribution < 1.29 is 44.0 Å². The molecule has 25 heavy (non-hydrogen) atoms. The van der Waals surface area contributed by atoms with Crippen LogP contribution >= 0.6 is 0 Å². The van der Waals surface area contributed by atoms with Gasteiger partial charge in [-0.1, -0.05) is 13.2 Å². The minimum absolute atomic E-state index is 0.00896. The van der Waals surface area contributed by atoms with Crippen molar-refractivity contribution in [3.63, 3.8) is 0 Å². The summed E-state index contributed by atoms with van der Waals surface area (Å²) in [5.74, 6) is -3.11. The van der Waals surface area contributed by atoms with Crippen LogP contribution in [-0.2, 0) is 28.7 Å². The number of esters is 1. The third kappa shape index (κ3) is 21.3. The molecular formula is C16H24O9. The molecule has 0 aliphatic carbocycles. The van der Waals surface area contributed by atoms with Crippen LogP contribution in [0.15, 0.2) is 24.3 Å². The van der Waals surface area contributed by atoms with Crippen molar-refractivity contribution in [2.75, 3.05) is 13.2 Å². The lowest BCUT2D eigenvalue weighted by atomic mass is 10.2. The number of aliphatic carboxylic acids is 3. The zero-order valence-corrected chi connectivity index (χ0v) is 14.3. The minimum Gasteiger partial charge on any atom is -0.481 e. The Balaban J connectivity index is 0. The molecule has 1 unspecified atom stereocenters. The van der Waals surface area contributed by atoms with Gasteiger partial charge in [-0.2, -0.15) is 0 Å². The van der Waals surface area contributed by atoms with Crippen LogP contribution in [0.5, 0.6) is 0 Å². The van der Waals surface area contributed by atoms with Gasteiger partial charge in [-0.15, -0.1) is 0 Å². The fraction of sp³-hybridized carbons (Fsp3) is 0.500. The second-order valence-electron chi connectivity index (χ2n) is 5.06. The zero-order valence-electron chi connectivity index (χ0n) is 14.3. The zero-order chi connectivity index (χ0) is 20.0. The number of carboxylic acids is 3. The summed E-state index contributed by atoms with van der Waals surface area (Å²) in [5, 5.41) is 24.1. The van der Waals surface area contributed by atoms with E-state index in [1.54, 1.807) is 0 Å². The Labute approximate surface area is 145 Å². The predicted octanol–water partition coefficient (Wildman–Crippen LogP) is 1.48. The first-order chi connectivity index (χ1) is 11.5. The smallest absolute Gasteiger partial charge is 0.330 e. The number of hydrogen-bond acceptors (Lipinski definition) is 6. The molecule has 1 saturated heterocycles. The second kappa shape index (κ2) is 13.7. The van der Waals surface area contributed by atoms with Gasteiger partial charge < -0.3 is 24.8 Å². The van der Waals surface area contributed by atoms with Gasteiger partial charge in [0.1, 0.15) is 12.7 Å². The third-order valence-electron chi connectivity index (χ3n) is 2.33. The third-order valence-corrected chi connectivity index (χ3v) is 2.33.